The maximum absolute atomic E-state index is 13.5. The Hall–Kier alpha value is -4.17. The number of thiazole rings is 1. The molecule has 0 radical (unpaired) electrons. The number of aryl methyl sites for hydroxylation is 1. The number of Topliss-reactive ketones (excluding diaryl/α,β-unsaturated/α-hetero) is 1. The molecule has 188 valence electrons. The van der Waals surface area contributed by atoms with E-state index >= 15 is 0 Å². The number of carbonyl (C=O) groups is 2. The minimum atomic E-state index is -0.882. The molecule has 0 spiro atoms. The van der Waals surface area contributed by atoms with Crippen molar-refractivity contribution in [3.8, 4) is 11.5 Å². The van der Waals surface area contributed by atoms with Crippen LogP contribution < -0.4 is 14.4 Å². The number of amides is 1. The van der Waals surface area contributed by atoms with E-state index in [1.165, 1.54) is 16.2 Å². The van der Waals surface area contributed by atoms with Gasteiger partial charge in [-0.15, -0.1) is 0 Å². The highest BCUT2D eigenvalue weighted by Crippen LogP contribution is 2.45. The van der Waals surface area contributed by atoms with Crippen LogP contribution in [-0.4, -0.2) is 35.5 Å². The fourth-order valence-corrected chi connectivity index (χ4v) is 5.52. The van der Waals surface area contributed by atoms with Crippen molar-refractivity contribution in [3.05, 3.63) is 89.0 Å². The predicted octanol–water partition coefficient (Wildman–Crippen LogP) is 5.89. The molecule has 1 aliphatic heterocycles. The van der Waals surface area contributed by atoms with Crippen molar-refractivity contribution in [1.82, 2.24) is 4.98 Å². The van der Waals surface area contributed by atoms with Crippen LogP contribution in [0, 0.1) is 0 Å². The molecule has 1 N–H and O–H groups in total. The first-order chi connectivity index (χ1) is 17.9. The third kappa shape index (κ3) is 4.44. The predicted molar refractivity (Wildman–Crippen MR) is 144 cm³/mol. The van der Waals surface area contributed by atoms with Crippen LogP contribution in [0.25, 0.3) is 16.0 Å². The Morgan fingerprint density at radius 1 is 1.03 bits per heavy atom. The van der Waals surface area contributed by atoms with E-state index in [4.69, 9.17) is 14.5 Å². The number of aromatic nitrogens is 1. The van der Waals surface area contributed by atoms with Gasteiger partial charge in [-0.3, -0.25) is 14.5 Å². The fraction of sp³-hybridized carbons (Fsp3) is 0.207. The van der Waals surface area contributed by atoms with E-state index in [-0.39, 0.29) is 11.3 Å². The third-order valence-corrected chi connectivity index (χ3v) is 7.37. The summed E-state index contributed by atoms with van der Waals surface area (Å²) in [7, 11) is 1.55. The second-order valence-electron chi connectivity index (χ2n) is 8.56. The second-order valence-corrected chi connectivity index (χ2v) is 9.56. The molecule has 4 aromatic rings. The number of methoxy groups -OCH3 is 1. The van der Waals surface area contributed by atoms with Crippen LogP contribution in [-0.2, 0) is 16.0 Å². The molecule has 1 atom stereocenters. The highest BCUT2D eigenvalue weighted by atomic mass is 32.1. The maximum atomic E-state index is 13.5. The monoisotopic (exact) mass is 514 g/mol. The zero-order chi connectivity index (χ0) is 26.1. The molecule has 1 fully saturated rings. The second kappa shape index (κ2) is 10.1. The van der Waals surface area contributed by atoms with Gasteiger partial charge in [0.1, 0.15) is 17.3 Å². The Balaban J connectivity index is 1.68. The summed E-state index contributed by atoms with van der Waals surface area (Å²) < 4.78 is 11.8. The highest BCUT2D eigenvalue weighted by Gasteiger charge is 2.48. The molecule has 7 nitrogen and oxygen atoms in total. The van der Waals surface area contributed by atoms with E-state index in [0.717, 1.165) is 22.2 Å². The van der Waals surface area contributed by atoms with Crippen molar-refractivity contribution in [3.63, 3.8) is 0 Å². The summed E-state index contributed by atoms with van der Waals surface area (Å²) in [5.41, 5.74) is 2.93. The first kappa shape index (κ1) is 24.5. The lowest BCUT2D eigenvalue weighted by molar-refractivity contribution is -0.132. The molecule has 8 heteroatoms. The average molecular weight is 515 g/mol. The van der Waals surface area contributed by atoms with Gasteiger partial charge in [0.2, 0.25) is 0 Å². The van der Waals surface area contributed by atoms with Crippen molar-refractivity contribution in [1.29, 1.82) is 0 Å². The maximum Gasteiger partial charge on any atom is 0.301 e. The molecule has 0 unspecified atom stereocenters. The Morgan fingerprint density at radius 3 is 2.51 bits per heavy atom. The summed E-state index contributed by atoms with van der Waals surface area (Å²) in [4.78, 5) is 33.0. The van der Waals surface area contributed by atoms with Gasteiger partial charge in [0, 0.05) is 5.56 Å². The van der Waals surface area contributed by atoms with Gasteiger partial charge in [0.05, 0.1) is 35.5 Å². The largest absolute Gasteiger partial charge is 0.507 e. The van der Waals surface area contributed by atoms with Crippen LogP contribution in [0.5, 0.6) is 11.5 Å². The number of benzene rings is 3. The van der Waals surface area contributed by atoms with Crippen LogP contribution >= 0.6 is 11.3 Å². The number of anilines is 1. The van der Waals surface area contributed by atoms with Gasteiger partial charge in [-0.1, -0.05) is 36.5 Å². The van der Waals surface area contributed by atoms with Gasteiger partial charge >= 0.3 is 5.91 Å². The number of fused-ring (bicyclic) bond motifs is 1. The number of rotatable bonds is 7. The lowest BCUT2D eigenvalue weighted by Gasteiger charge is -2.23. The molecule has 5 rings (SSSR count). The molecule has 0 bridgehead atoms. The van der Waals surface area contributed by atoms with E-state index in [9.17, 15) is 14.7 Å². The van der Waals surface area contributed by atoms with Gasteiger partial charge in [0.25, 0.3) is 5.78 Å². The summed E-state index contributed by atoms with van der Waals surface area (Å²) >= 11 is 1.34. The first-order valence-corrected chi connectivity index (χ1v) is 12.8. The van der Waals surface area contributed by atoms with Gasteiger partial charge in [0.15, 0.2) is 5.13 Å². The SMILES string of the molecule is CCOc1ccc(/C(O)=C2\C(=O)C(=O)N(c3nc4ccc(CC)cc4s3)[C@H]2c2cccc(OC)c2)cc1. The number of ether oxygens (including phenoxy) is 2. The van der Waals surface area contributed by atoms with Gasteiger partial charge in [-0.25, -0.2) is 4.98 Å². The smallest absolute Gasteiger partial charge is 0.301 e. The Labute approximate surface area is 218 Å². The molecule has 0 aliphatic carbocycles. The molecule has 2 heterocycles. The normalized spacial score (nSPS) is 16.9. The van der Waals surface area contributed by atoms with Crippen LogP contribution in [0.3, 0.4) is 0 Å². The van der Waals surface area contributed by atoms with E-state index < -0.39 is 17.7 Å². The summed E-state index contributed by atoms with van der Waals surface area (Å²) in [6.45, 7) is 4.47. The van der Waals surface area contributed by atoms with Gasteiger partial charge in [-0.2, -0.15) is 0 Å². The zero-order valence-corrected chi connectivity index (χ0v) is 21.5. The zero-order valence-electron chi connectivity index (χ0n) is 20.7. The first-order valence-electron chi connectivity index (χ1n) is 12.0. The molecule has 1 amide bonds. The fourth-order valence-electron chi connectivity index (χ4n) is 4.47. The van der Waals surface area contributed by atoms with Crippen molar-refractivity contribution in [2.45, 2.75) is 26.3 Å². The average Bonchev–Trinajstić information content (AvgIpc) is 3.46. The Kier molecular flexibility index (Phi) is 6.67. The Morgan fingerprint density at radius 2 is 1.81 bits per heavy atom. The standard InChI is InChI=1S/C29H26N2O5S/c1-4-17-9-14-22-23(15-17)37-29(30-22)31-25(19-7-6-8-21(16-19)35-3)24(27(33)28(31)34)26(32)18-10-12-20(13-11-18)36-5-2/h6-16,25,32H,4-5H2,1-3H3/b26-24+/t25-/m0/s1. The van der Waals surface area contributed by atoms with E-state index in [0.29, 0.717) is 34.4 Å². The van der Waals surface area contributed by atoms with Crippen LogP contribution in [0.2, 0.25) is 0 Å². The van der Waals surface area contributed by atoms with Gasteiger partial charge in [-0.05, 0) is 73.0 Å². The number of ketones is 1. The topological polar surface area (TPSA) is 89.0 Å². The molecule has 1 saturated heterocycles. The van der Waals surface area contributed by atoms with Crippen LogP contribution in [0.4, 0.5) is 5.13 Å². The third-order valence-electron chi connectivity index (χ3n) is 6.35. The lowest BCUT2D eigenvalue weighted by Crippen LogP contribution is -2.29. The van der Waals surface area contributed by atoms with E-state index in [1.807, 2.05) is 25.1 Å². The molecular formula is C29H26N2O5S. The number of nitrogens with zero attached hydrogens (tertiary/aromatic N) is 2. The quantitative estimate of drug-likeness (QED) is 0.188. The minimum Gasteiger partial charge on any atom is -0.507 e. The van der Waals surface area contributed by atoms with Crippen molar-refractivity contribution in [2.75, 3.05) is 18.6 Å². The summed E-state index contributed by atoms with van der Waals surface area (Å²) in [5, 5.41) is 11.7. The van der Waals surface area contributed by atoms with Crippen molar-refractivity contribution in [2.24, 2.45) is 0 Å². The Bertz CT molecular complexity index is 1520. The van der Waals surface area contributed by atoms with Crippen LogP contribution in [0.15, 0.2) is 72.3 Å². The number of aliphatic hydroxyl groups excluding tert-OH is 1. The number of aliphatic hydroxyl groups is 1. The summed E-state index contributed by atoms with van der Waals surface area (Å²) in [6, 6.07) is 19.0. The number of hydrogen-bond acceptors (Lipinski definition) is 7. The molecule has 37 heavy (non-hydrogen) atoms. The number of carbonyl (C=O) groups excluding carboxylic acids is 2. The molecular weight excluding hydrogens is 488 g/mol. The molecule has 1 aliphatic rings. The molecule has 3 aromatic carbocycles. The number of hydrogen-bond donors (Lipinski definition) is 1. The molecule has 0 saturated carbocycles. The summed E-state index contributed by atoms with van der Waals surface area (Å²) in [6.07, 6.45) is 0.875. The minimum absolute atomic E-state index is 0.00378. The van der Waals surface area contributed by atoms with E-state index in [1.54, 1.807) is 55.6 Å². The van der Waals surface area contributed by atoms with E-state index in [2.05, 4.69) is 6.92 Å². The lowest BCUT2D eigenvalue weighted by atomic mass is 9.95. The van der Waals surface area contributed by atoms with Crippen molar-refractivity contribution >= 4 is 44.1 Å². The van der Waals surface area contributed by atoms with Crippen molar-refractivity contribution < 1.29 is 24.2 Å². The summed E-state index contributed by atoms with van der Waals surface area (Å²) in [5.74, 6) is -0.556. The molecule has 1 aromatic heterocycles. The van der Waals surface area contributed by atoms with Gasteiger partial charge < -0.3 is 14.6 Å². The highest BCUT2D eigenvalue weighted by molar-refractivity contribution is 7.22. The van der Waals surface area contributed by atoms with Crippen LogP contribution in [0.1, 0.15) is 36.6 Å².